The number of quaternary nitrogens is 1. The van der Waals surface area contributed by atoms with Crippen LogP contribution in [0.3, 0.4) is 0 Å². The lowest BCUT2D eigenvalue weighted by Crippen LogP contribution is -2.37. The summed E-state index contributed by atoms with van der Waals surface area (Å²) in [5.41, 5.74) is 0.393. The minimum absolute atomic E-state index is 0.370. The van der Waals surface area contributed by atoms with Gasteiger partial charge in [-0.25, -0.2) is 9.36 Å². The second-order valence-corrected chi connectivity index (χ2v) is 8.33. The van der Waals surface area contributed by atoms with E-state index < -0.39 is 13.9 Å². The van der Waals surface area contributed by atoms with Crippen molar-refractivity contribution >= 4 is 13.8 Å². The number of carbonyl (C=O) groups excluding carboxylic acids is 1. The molecule has 24 heavy (non-hydrogen) atoms. The number of phosphoric acid groups is 1. The van der Waals surface area contributed by atoms with Crippen LogP contribution in [0.15, 0.2) is 12.2 Å². The third-order valence-electron chi connectivity index (χ3n) is 3.41. The molecule has 0 fully saturated rings. The second kappa shape index (κ2) is 11.0. The van der Waals surface area contributed by atoms with Crippen LogP contribution in [-0.4, -0.2) is 60.6 Å². The van der Waals surface area contributed by atoms with Crippen molar-refractivity contribution in [1.29, 1.82) is 0 Å². The minimum atomic E-state index is -4.46. The van der Waals surface area contributed by atoms with Crippen molar-refractivity contribution in [1.82, 2.24) is 0 Å². The van der Waals surface area contributed by atoms with Gasteiger partial charge < -0.3 is 19.0 Å². The summed E-state index contributed by atoms with van der Waals surface area (Å²) in [6, 6.07) is 0. The molecule has 0 rings (SSSR count). The number of hydrogen-bond donors (Lipinski definition) is 2. The number of carbonyl (C=O) groups is 1. The fraction of sp³-hybridized carbons (Fsp3) is 0.812. The smallest absolute Gasteiger partial charge is 0.462 e. The van der Waals surface area contributed by atoms with Crippen LogP contribution in [0.4, 0.5) is 0 Å². The standard InChI is InChI=1S/C16H32NO6P/c1-14(2)16(18)22-13-9-7-6-8-10-15(23-24(19,20)21)11-12-17(3,4)5/h15H,1,6-13H2,2-5H3,(H-,19,20,21)/p+1. The van der Waals surface area contributed by atoms with E-state index in [0.29, 0.717) is 25.0 Å². The van der Waals surface area contributed by atoms with Gasteiger partial charge in [-0.15, -0.1) is 0 Å². The summed E-state index contributed by atoms with van der Waals surface area (Å²) in [5, 5.41) is 0. The maximum atomic E-state index is 11.2. The topological polar surface area (TPSA) is 93.1 Å². The molecular formula is C16H33NO6P+. The van der Waals surface area contributed by atoms with E-state index in [-0.39, 0.29) is 5.97 Å². The first-order chi connectivity index (χ1) is 10.9. The summed E-state index contributed by atoms with van der Waals surface area (Å²) in [7, 11) is 1.62. The summed E-state index contributed by atoms with van der Waals surface area (Å²) in [4.78, 5) is 29.2. The first-order valence-electron chi connectivity index (χ1n) is 8.28. The Labute approximate surface area is 145 Å². The number of rotatable bonds is 13. The Morgan fingerprint density at radius 1 is 1.12 bits per heavy atom. The van der Waals surface area contributed by atoms with E-state index in [4.69, 9.17) is 19.0 Å². The fourth-order valence-corrected chi connectivity index (χ4v) is 2.69. The first-order valence-corrected chi connectivity index (χ1v) is 9.81. The van der Waals surface area contributed by atoms with Gasteiger partial charge in [0.2, 0.25) is 0 Å². The predicted octanol–water partition coefficient (Wildman–Crippen LogP) is 2.63. The largest absolute Gasteiger partial charge is 0.469 e. The van der Waals surface area contributed by atoms with Gasteiger partial charge in [0.25, 0.3) is 0 Å². The fourth-order valence-electron chi connectivity index (χ4n) is 2.09. The van der Waals surface area contributed by atoms with E-state index in [1.807, 2.05) is 21.1 Å². The molecule has 0 heterocycles. The highest BCUT2D eigenvalue weighted by molar-refractivity contribution is 7.46. The van der Waals surface area contributed by atoms with Crippen LogP contribution in [0, 0.1) is 0 Å². The zero-order valence-corrected chi connectivity index (χ0v) is 16.3. The molecule has 8 heteroatoms. The van der Waals surface area contributed by atoms with Crippen LogP contribution in [0.5, 0.6) is 0 Å². The van der Waals surface area contributed by atoms with E-state index in [1.165, 1.54) is 0 Å². The molecule has 0 aromatic heterocycles. The molecule has 0 aromatic rings. The summed E-state index contributed by atoms with van der Waals surface area (Å²) in [6.07, 6.45) is 4.14. The summed E-state index contributed by atoms with van der Waals surface area (Å²) >= 11 is 0. The van der Waals surface area contributed by atoms with Gasteiger partial charge >= 0.3 is 13.8 Å². The maximum absolute atomic E-state index is 11.2. The van der Waals surface area contributed by atoms with Crippen LogP contribution in [0.1, 0.15) is 45.4 Å². The Morgan fingerprint density at radius 2 is 1.71 bits per heavy atom. The van der Waals surface area contributed by atoms with Crippen molar-refractivity contribution in [2.45, 2.75) is 51.6 Å². The van der Waals surface area contributed by atoms with E-state index in [0.717, 1.165) is 36.7 Å². The molecule has 0 amide bonds. The zero-order chi connectivity index (χ0) is 18.8. The first kappa shape index (κ1) is 23.3. The van der Waals surface area contributed by atoms with Crippen molar-refractivity contribution < 1.29 is 32.9 Å². The van der Waals surface area contributed by atoms with Gasteiger partial charge in [-0.3, -0.25) is 4.52 Å². The minimum Gasteiger partial charge on any atom is -0.462 e. The van der Waals surface area contributed by atoms with Crippen molar-refractivity contribution in [2.24, 2.45) is 0 Å². The molecule has 142 valence electrons. The van der Waals surface area contributed by atoms with E-state index in [2.05, 4.69) is 6.58 Å². The predicted molar refractivity (Wildman–Crippen MR) is 93.3 cm³/mol. The molecule has 0 aliphatic rings. The van der Waals surface area contributed by atoms with Crippen LogP contribution in [0.2, 0.25) is 0 Å². The molecule has 0 spiro atoms. The molecule has 0 aliphatic heterocycles. The Hall–Kier alpha value is -0.720. The van der Waals surface area contributed by atoms with Crippen molar-refractivity contribution in [2.75, 3.05) is 34.3 Å². The number of esters is 1. The summed E-state index contributed by atoms with van der Waals surface area (Å²) < 4.78 is 21.7. The lowest BCUT2D eigenvalue weighted by Gasteiger charge is -2.26. The average molecular weight is 366 g/mol. The third-order valence-corrected chi connectivity index (χ3v) is 3.98. The molecular weight excluding hydrogens is 333 g/mol. The second-order valence-electron chi connectivity index (χ2n) is 7.14. The van der Waals surface area contributed by atoms with Crippen LogP contribution >= 0.6 is 7.82 Å². The van der Waals surface area contributed by atoms with Crippen molar-refractivity contribution in [3.8, 4) is 0 Å². The van der Waals surface area contributed by atoms with Gasteiger partial charge in [-0.05, 0) is 19.8 Å². The van der Waals surface area contributed by atoms with Gasteiger partial charge in [0.1, 0.15) is 0 Å². The third kappa shape index (κ3) is 14.8. The molecule has 1 unspecified atom stereocenters. The quantitative estimate of drug-likeness (QED) is 0.171. The highest BCUT2D eigenvalue weighted by atomic mass is 31.2. The summed E-state index contributed by atoms with van der Waals surface area (Å²) in [6.45, 7) is 6.27. The van der Waals surface area contributed by atoms with E-state index in [9.17, 15) is 9.36 Å². The van der Waals surface area contributed by atoms with Crippen LogP contribution in [-0.2, 0) is 18.6 Å². The Balaban J connectivity index is 3.99. The van der Waals surface area contributed by atoms with Gasteiger partial charge in [0.15, 0.2) is 0 Å². The van der Waals surface area contributed by atoms with Gasteiger partial charge in [-0.1, -0.05) is 25.8 Å². The van der Waals surface area contributed by atoms with E-state index >= 15 is 0 Å². The lowest BCUT2D eigenvalue weighted by molar-refractivity contribution is -0.870. The maximum Gasteiger partial charge on any atom is 0.469 e. The monoisotopic (exact) mass is 366 g/mol. The zero-order valence-electron chi connectivity index (χ0n) is 15.4. The SMILES string of the molecule is C=C(C)C(=O)OCCCCCCC(CC[N+](C)(C)C)OP(=O)(O)O. The Bertz CT molecular complexity index is 440. The molecule has 0 bridgehead atoms. The van der Waals surface area contributed by atoms with E-state index in [1.54, 1.807) is 6.92 Å². The lowest BCUT2D eigenvalue weighted by atomic mass is 10.1. The highest BCUT2D eigenvalue weighted by Gasteiger charge is 2.23. The number of hydrogen-bond acceptors (Lipinski definition) is 4. The average Bonchev–Trinajstić information content (AvgIpc) is 2.40. The molecule has 0 radical (unpaired) electrons. The molecule has 7 nitrogen and oxygen atoms in total. The Morgan fingerprint density at radius 3 is 2.21 bits per heavy atom. The summed E-state index contributed by atoms with van der Waals surface area (Å²) in [5.74, 6) is -0.370. The Kier molecular flexibility index (Phi) is 10.7. The van der Waals surface area contributed by atoms with Gasteiger partial charge in [0.05, 0.1) is 40.4 Å². The van der Waals surface area contributed by atoms with Gasteiger partial charge in [-0.2, -0.15) is 0 Å². The molecule has 0 aliphatic carbocycles. The van der Waals surface area contributed by atoms with Crippen LogP contribution < -0.4 is 0 Å². The number of nitrogens with zero attached hydrogens (tertiary/aromatic N) is 1. The molecule has 0 saturated carbocycles. The van der Waals surface area contributed by atoms with Crippen molar-refractivity contribution in [3.05, 3.63) is 12.2 Å². The number of unbranched alkanes of at least 4 members (excludes halogenated alkanes) is 3. The number of ether oxygens (including phenoxy) is 1. The molecule has 2 N–H and O–H groups in total. The van der Waals surface area contributed by atoms with Gasteiger partial charge in [0, 0.05) is 12.0 Å². The molecule has 0 aromatic carbocycles. The highest BCUT2D eigenvalue weighted by Crippen LogP contribution is 2.39. The number of phosphoric ester groups is 1. The molecule has 0 saturated heterocycles. The normalized spacial score (nSPS) is 13.6. The van der Waals surface area contributed by atoms with Crippen LogP contribution in [0.25, 0.3) is 0 Å². The molecule has 1 atom stereocenters. The van der Waals surface area contributed by atoms with Crippen molar-refractivity contribution in [3.63, 3.8) is 0 Å².